The first-order chi connectivity index (χ1) is 7.69. The van der Waals surface area contributed by atoms with E-state index < -0.39 is 0 Å². The number of hydrogen-bond acceptors (Lipinski definition) is 5. The Balaban J connectivity index is 2.47. The second kappa shape index (κ2) is 4.13. The van der Waals surface area contributed by atoms with Crippen molar-refractivity contribution in [2.45, 2.75) is 0 Å². The number of rotatable bonds is 1. The van der Waals surface area contributed by atoms with E-state index in [1.807, 2.05) is 6.07 Å². The fraction of sp³-hybridized carbons (Fsp3) is 0. The van der Waals surface area contributed by atoms with E-state index in [4.69, 9.17) is 22.6 Å². The summed E-state index contributed by atoms with van der Waals surface area (Å²) in [5.74, 6) is 0.279. The molecule has 0 amide bonds. The maximum Gasteiger partial charge on any atom is 0.224 e. The molecule has 0 aliphatic carbocycles. The third-order valence-corrected chi connectivity index (χ3v) is 2.04. The maximum absolute atomic E-state index is 8.63. The number of nitriles is 1. The number of pyridine rings is 1. The minimum absolute atomic E-state index is 0.0705. The van der Waals surface area contributed by atoms with Crippen molar-refractivity contribution in [3.63, 3.8) is 0 Å². The quantitative estimate of drug-likeness (QED) is 0.754. The first-order valence-electron chi connectivity index (χ1n) is 4.35. The van der Waals surface area contributed by atoms with Crippen LogP contribution in [0.15, 0.2) is 24.4 Å². The van der Waals surface area contributed by atoms with E-state index in [0.29, 0.717) is 17.0 Å². The lowest BCUT2D eigenvalue weighted by molar-refractivity contribution is 1.16. The van der Waals surface area contributed by atoms with Crippen molar-refractivity contribution in [1.82, 2.24) is 15.0 Å². The average Bonchev–Trinajstić information content (AvgIpc) is 2.28. The van der Waals surface area contributed by atoms with E-state index in [2.05, 4.69) is 15.0 Å². The first kappa shape index (κ1) is 10.3. The van der Waals surface area contributed by atoms with Crippen LogP contribution in [0.4, 0.5) is 5.82 Å². The lowest BCUT2D eigenvalue weighted by Crippen LogP contribution is -1.96. The SMILES string of the molecule is N#Cc1ccc(-c2cc(N)nc(Cl)n2)nc1. The molecule has 0 saturated carbocycles. The van der Waals surface area contributed by atoms with Gasteiger partial charge in [-0.15, -0.1) is 0 Å². The molecule has 2 heterocycles. The molecule has 2 aromatic rings. The van der Waals surface area contributed by atoms with Gasteiger partial charge in [0.15, 0.2) is 0 Å². The lowest BCUT2D eigenvalue weighted by Gasteiger charge is -2.01. The zero-order valence-corrected chi connectivity index (χ0v) is 8.81. The highest BCUT2D eigenvalue weighted by Gasteiger charge is 2.04. The van der Waals surface area contributed by atoms with E-state index >= 15 is 0 Å². The lowest BCUT2D eigenvalue weighted by atomic mass is 10.2. The number of nitrogens with zero attached hydrogens (tertiary/aromatic N) is 4. The van der Waals surface area contributed by atoms with E-state index in [9.17, 15) is 0 Å². The summed E-state index contributed by atoms with van der Waals surface area (Å²) in [5, 5.41) is 8.70. The van der Waals surface area contributed by atoms with E-state index in [-0.39, 0.29) is 11.1 Å². The minimum Gasteiger partial charge on any atom is -0.384 e. The molecule has 5 nitrogen and oxygen atoms in total. The molecule has 0 radical (unpaired) electrons. The molecular formula is C10H6ClN5. The Bertz CT molecular complexity index is 538. The largest absolute Gasteiger partial charge is 0.384 e. The third kappa shape index (κ3) is 2.07. The smallest absolute Gasteiger partial charge is 0.224 e. The van der Waals surface area contributed by atoms with Gasteiger partial charge in [-0.05, 0) is 23.7 Å². The Morgan fingerprint density at radius 2 is 2.06 bits per heavy atom. The first-order valence-corrected chi connectivity index (χ1v) is 4.73. The molecule has 0 aromatic carbocycles. The summed E-state index contributed by atoms with van der Waals surface area (Å²) in [7, 11) is 0. The molecule has 16 heavy (non-hydrogen) atoms. The third-order valence-electron chi connectivity index (χ3n) is 1.87. The molecule has 0 unspecified atom stereocenters. The molecule has 0 aliphatic heterocycles. The topological polar surface area (TPSA) is 88.5 Å². The fourth-order valence-electron chi connectivity index (χ4n) is 1.18. The van der Waals surface area contributed by atoms with E-state index in [0.717, 1.165) is 0 Å². The highest BCUT2D eigenvalue weighted by Crippen LogP contribution is 2.18. The fourth-order valence-corrected chi connectivity index (χ4v) is 1.37. The second-order valence-electron chi connectivity index (χ2n) is 2.99. The van der Waals surface area contributed by atoms with Gasteiger partial charge in [-0.25, -0.2) is 9.97 Å². The summed E-state index contributed by atoms with van der Waals surface area (Å²) in [4.78, 5) is 11.8. The van der Waals surface area contributed by atoms with Gasteiger partial charge in [0.05, 0.1) is 17.0 Å². The van der Waals surface area contributed by atoms with Crippen LogP contribution in [0.1, 0.15) is 5.56 Å². The molecule has 6 heteroatoms. The Kier molecular flexibility index (Phi) is 2.66. The minimum atomic E-state index is 0.0705. The van der Waals surface area contributed by atoms with Crippen LogP contribution in [0.2, 0.25) is 5.28 Å². The summed E-state index contributed by atoms with van der Waals surface area (Å²) < 4.78 is 0. The van der Waals surface area contributed by atoms with Gasteiger partial charge in [-0.3, -0.25) is 4.98 Å². The standard InChI is InChI=1S/C10H6ClN5/c11-10-15-8(3-9(13)16-10)7-2-1-6(4-12)5-14-7/h1-3,5H,(H2,13,15,16). The van der Waals surface area contributed by atoms with Crippen molar-refractivity contribution in [3.8, 4) is 17.5 Å². The highest BCUT2D eigenvalue weighted by atomic mass is 35.5. The summed E-state index contributed by atoms with van der Waals surface area (Å²) in [5.41, 5.74) is 7.14. The Labute approximate surface area is 96.5 Å². The summed E-state index contributed by atoms with van der Waals surface area (Å²) >= 11 is 5.68. The van der Waals surface area contributed by atoms with Gasteiger partial charge in [-0.1, -0.05) is 0 Å². The summed E-state index contributed by atoms with van der Waals surface area (Å²) in [6.07, 6.45) is 1.46. The van der Waals surface area contributed by atoms with Gasteiger partial charge in [0.2, 0.25) is 5.28 Å². The highest BCUT2D eigenvalue weighted by molar-refractivity contribution is 6.28. The average molecular weight is 232 g/mol. The molecule has 78 valence electrons. The van der Waals surface area contributed by atoms with Crippen molar-refractivity contribution < 1.29 is 0 Å². The summed E-state index contributed by atoms with van der Waals surface area (Å²) in [6, 6.07) is 6.88. The van der Waals surface area contributed by atoms with Gasteiger partial charge in [0.25, 0.3) is 0 Å². The number of aromatic nitrogens is 3. The van der Waals surface area contributed by atoms with E-state index in [1.54, 1.807) is 18.2 Å². The van der Waals surface area contributed by atoms with Gasteiger partial charge in [-0.2, -0.15) is 5.26 Å². The molecule has 2 aromatic heterocycles. The van der Waals surface area contributed by atoms with Crippen LogP contribution in [0.25, 0.3) is 11.4 Å². The van der Waals surface area contributed by atoms with Crippen LogP contribution in [0.3, 0.4) is 0 Å². The van der Waals surface area contributed by atoms with Crippen LogP contribution in [0.5, 0.6) is 0 Å². The van der Waals surface area contributed by atoms with Crippen molar-refractivity contribution >= 4 is 17.4 Å². The molecule has 2 N–H and O–H groups in total. The number of nitrogen functional groups attached to an aromatic ring is 1. The van der Waals surface area contributed by atoms with Gasteiger partial charge < -0.3 is 5.73 Å². The molecule has 0 fully saturated rings. The number of anilines is 1. The normalized spacial score (nSPS) is 9.75. The van der Waals surface area contributed by atoms with Gasteiger partial charge in [0.1, 0.15) is 11.9 Å². The Hall–Kier alpha value is -2.19. The van der Waals surface area contributed by atoms with E-state index in [1.165, 1.54) is 6.20 Å². The zero-order chi connectivity index (χ0) is 11.5. The van der Waals surface area contributed by atoms with Crippen molar-refractivity contribution in [3.05, 3.63) is 35.2 Å². The van der Waals surface area contributed by atoms with Crippen LogP contribution >= 0.6 is 11.6 Å². The molecule has 0 bridgehead atoms. The molecule has 0 aliphatic rings. The molecular weight excluding hydrogens is 226 g/mol. The Morgan fingerprint density at radius 3 is 2.62 bits per heavy atom. The number of hydrogen-bond donors (Lipinski definition) is 1. The van der Waals surface area contributed by atoms with Gasteiger partial charge >= 0.3 is 0 Å². The maximum atomic E-state index is 8.63. The molecule has 0 saturated heterocycles. The van der Waals surface area contributed by atoms with Gasteiger partial charge in [0, 0.05) is 12.3 Å². The predicted molar refractivity (Wildman–Crippen MR) is 59.4 cm³/mol. The number of nitrogens with two attached hydrogens (primary N) is 1. The second-order valence-corrected chi connectivity index (χ2v) is 3.33. The molecule has 0 spiro atoms. The van der Waals surface area contributed by atoms with Crippen LogP contribution in [-0.2, 0) is 0 Å². The van der Waals surface area contributed by atoms with Crippen LogP contribution in [0, 0.1) is 11.3 Å². The Morgan fingerprint density at radius 1 is 1.25 bits per heavy atom. The van der Waals surface area contributed by atoms with Crippen molar-refractivity contribution in [1.29, 1.82) is 5.26 Å². The predicted octanol–water partition coefficient (Wildman–Crippen LogP) is 1.65. The molecule has 2 rings (SSSR count). The number of halogens is 1. The monoisotopic (exact) mass is 231 g/mol. The van der Waals surface area contributed by atoms with Crippen LogP contribution < -0.4 is 5.73 Å². The molecule has 0 atom stereocenters. The van der Waals surface area contributed by atoms with Crippen molar-refractivity contribution in [2.75, 3.05) is 5.73 Å². The van der Waals surface area contributed by atoms with Crippen molar-refractivity contribution in [2.24, 2.45) is 0 Å². The zero-order valence-electron chi connectivity index (χ0n) is 8.05. The summed E-state index contributed by atoms with van der Waals surface area (Å²) in [6.45, 7) is 0. The van der Waals surface area contributed by atoms with Crippen LogP contribution in [-0.4, -0.2) is 15.0 Å².